The Kier molecular flexibility index (Phi) is 5.31. The number of rotatable bonds is 5. The van der Waals surface area contributed by atoms with Crippen LogP contribution in [0.2, 0.25) is 0 Å². The average molecular weight is 351 g/mol. The highest BCUT2D eigenvalue weighted by Crippen LogP contribution is 2.28. The number of aryl methyl sites for hydroxylation is 2. The van der Waals surface area contributed by atoms with Crippen molar-refractivity contribution < 1.29 is 9.90 Å². The third kappa shape index (κ3) is 4.16. The monoisotopic (exact) mass is 351 g/mol. The van der Waals surface area contributed by atoms with E-state index >= 15 is 0 Å². The van der Waals surface area contributed by atoms with Gasteiger partial charge in [-0.2, -0.15) is 0 Å². The lowest BCUT2D eigenvalue weighted by molar-refractivity contribution is 0.0950. The van der Waals surface area contributed by atoms with Gasteiger partial charge in [-0.15, -0.1) is 11.3 Å². The summed E-state index contributed by atoms with van der Waals surface area (Å²) in [6.45, 7) is 4.37. The molecule has 1 aromatic heterocycles. The Morgan fingerprint density at radius 3 is 2.60 bits per heavy atom. The van der Waals surface area contributed by atoms with Gasteiger partial charge in [0.2, 0.25) is 0 Å². The molecule has 0 unspecified atom stereocenters. The largest absolute Gasteiger partial charge is 0.383 e. The Bertz CT molecular complexity index is 871. The van der Waals surface area contributed by atoms with Crippen LogP contribution >= 0.6 is 11.3 Å². The first-order chi connectivity index (χ1) is 12.0. The molecule has 0 aliphatic carbocycles. The summed E-state index contributed by atoms with van der Waals surface area (Å²) in [5.74, 6) is -0.0697. The Hall–Kier alpha value is -2.43. The number of carbonyl (C=O) groups excluding carboxylic acids is 1. The second kappa shape index (κ2) is 7.64. The van der Waals surface area contributed by atoms with Crippen LogP contribution in [-0.4, -0.2) is 11.0 Å². The van der Waals surface area contributed by atoms with Crippen molar-refractivity contribution in [1.29, 1.82) is 0 Å². The fraction of sp³-hybridized carbons (Fsp3) is 0.190. The zero-order valence-corrected chi connectivity index (χ0v) is 15.1. The van der Waals surface area contributed by atoms with Crippen LogP contribution in [0, 0.1) is 13.8 Å². The van der Waals surface area contributed by atoms with E-state index in [-0.39, 0.29) is 5.91 Å². The first-order valence-electron chi connectivity index (χ1n) is 8.21. The minimum absolute atomic E-state index is 0.0697. The van der Waals surface area contributed by atoms with Gasteiger partial charge in [0.15, 0.2) is 0 Å². The van der Waals surface area contributed by atoms with E-state index in [4.69, 9.17) is 0 Å². The molecule has 2 N–H and O–H groups in total. The maximum atomic E-state index is 12.4. The molecule has 25 heavy (non-hydrogen) atoms. The van der Waals surface area contributed by atoms with E-state index in [1.807, 2.05) is 74.5 Å². The summed E-state index contributed by atoms with van der Waals surface area (Å²) < 4.78 is 0. The van der Waals surface area contributed by atoms with Crippen LogP contribution in [0.3, 0.4) is 0 Å². The van der Waals surface area contributed by atoms with Crippen molar-refractivity contribution in [3.63, 3.8) is 0 Å². The first-order valence-corrected chi connectivity index (χ1v) is 9.03. The van der Waals surface area contributed by atoms with Gasteiger partial charge in [0.25, 0.3) is 5.91 Å². The molecule has 0 saturated heterocycles. The van der Waals surface area contributed by atoms with Gasteiger partial charge in [0.1, 0.15) is 6.10 Å². The van der Waals surface area contributed by atoms with Crippen LogP contribution in [0.5, 0.6) is 0 Å². The predicted octanol–water partition coefficient (Wildman–Crippen LogP) is 4.38. The van der Waals surface area contributed by atoms with Crippen LogP contribution in [0.4, 0.5) is 0 Å². The number of hydrogen-bond donors (Lipinski definition) is 2. The summed E-state index contributed by atoms with van der Waals surface area (Å²) in [6, 6.07) is 19.3. The highest BCUT2D eigenvalue weighted by Gasteiger charge is 2.14. The van der Waals surface area contributed by atoms with Gasteiger partial charge in [-0.25, -0.2) is 0 Å². The molecule has 3 aromatic rings. The number of hydrogen-bond acceptors (Lipinski definition) is 3. The molecule has 0 aliphatic heterocycles. The normalized spacial score (nSPS) is 12.0. The lowest BCUT2D eigenvalue weighted by Crippen LogP contribution is -2.23. The SMILES string of the molecule is Cc1ccc(C)c(C(=O)NCc2ccc([C@H](O)c3ccccc3)s2)c1. The Morgan fingerprint density at radius 2 is 1.84 bits per heavy atom. The molecule has 1 heterocycles. The van der Waals surface area contributed by atoms with E-state index in [0.29, 0.717) is 12.1 Å². The topological polar surface area (TPSA) is 49.3 Å². The summed E-state index contributed by atoms with van der Waals surface area (Å²) in [4.78, 5) is 14.3. The van der Waals surface area contributed by atoms with Gasteiger partial charge >= 0.3 is 0 Å². The van der Waals surface area contributed by atoms with E-state index in [2.05, 4.69) is 5.32 Å². The molecule has 2 aromatic carbocycles. The molecule has 0 aliphatic rings. The van der Waals surface area contributed by atoms with Gasteiger partial charge in [0.05, 0.1) is 6.54 Å². The minimum Gasteiger partial charge on any atom is -0.383 e. The molecule has 0 spiro atoms. The lowest BCUT2D eigenvalue weighted by atomic mass is 10.1. The first kappa shape index (κ1) is 17.4. The molecular weight excluding hydrogens is 330 g/mol. The number of thiophene rings is 1. The smallest absolute Gasteiger partial charge is 0.251 e. The molecule has 128 valence electrons. The van der Waals surface area contributed by atoms with Gasteiger partial charge in [-0.1, -0.05) is 48.0 Å². The molecule has 3 nitrogen and oxygen atoms in total. The van der Waals surface area contributed by atoms with Gasteiger partial charge < -0.3 is 10.4 Å². The van der Waals surface area contributed by atoms with Crippen molar-refractivity contribution >= 4 is 17.2 Å². The molecular formula is C21H21NO2S. The molecule has 1 amide bonds. The van der Waals surface area contributed by atoms with Crippen molar-refractivity contribution in [3.8, 4) is 0 Å². The zero-order chi connectivity index (χ0) is 17.8. The molecule has 3 rings (SSSR count). The maximum absolute atomic E-state index is 12.4. The molecule has 0 saturated carbocycles. The van der Waals surface area contributed by atoms with Crippen LogP contribution in [0.15, 0.2) is 60.7 Å². The number of benzene rings is 2. The number of aliphatic hydroxyl groups is 1. The summed E-state index contributed by atoms with van der Waals surface area (Å²) in [5.41, 5.74) is 3.62. The highest BCUT2D eigenvalue weighted by molar-refractivity contribution is 7.12. The Labute approximate surface area is 152 Å². The second-order valence-electron chi connectivity index (χ2n) is 6.12. The van der Waals surface area contributed by atoms with E-state index in [1.165, 1.54) is 11.3 Å². The number of nitrogens with one attached hydrogen (secondary N) is 1. The zero-order valence-electron chi connectivity index (χ0n) is 14.3. The fourth-order valence-corrected chi connectivity index (χ4v) is 3.65. The van der Waals surface area contributed by atoms with Crippen molar-refractivity contribution in [2.45, 2.75) is 26.5 Å². The Balaban J connectivity index is 1.66. The number of amides is 1. The van der Waals surface area contributed by atoms with Crippen LogP contribution < -0.4 is 5.32 Å². The standard InChI is InChI=1S/C21H21NO2S/c1-14-8-9-15(2)18(12-14)21(24)22-13-17-10-11-19(25-17)20(23)16-6-4-3-5-7-16/h3-12,20,23H,13H2,1-2H3,(H,22,24)/t20-/m1/s1. The highest BCUT2D eigenvalue weighted by atomic mass is 32.1. The third-order valence-electron chi connectivity index (χ3n) is 4.13. The predicted molar refractivity (Wildman–Crippen MR) is 102 cm³/mol. The molecule has 4 heteroatoms. The molecule has 1 atom stereocenters. The number of aliphatic hydroxyl groups excluding tert-OH is 1. The molecule has 0 radical (unpaired) electrons. The van der Waals surface area contributed by atoms with Crippen LogP contribution in [0.25, 0.3) is 0 Å². The van der Waals surface area contributed by atoms with Crippen molar-refractivity contribution in [3.05, 3.63) is 92.7 Å². The fourth-order valence-electron chi connectivity index (χ4n) is 2.68. The van der Waals surface area contributed by atoms with Crippen molar-refractivity contribution in [1.82, 2.24) is 5.32 Å². The van der Waals surface area contributed by atoms with Crippen LogP contribution in [0.1, 0.15) is 42.9 Å². The molecule has 0 fully saturated rings. The Morgan fingerprint density at radius 1 is 1.08 bits per heavy atom. The molecule has 0 bridgehead atoms. The van der Waals surface area contributed by atoms with E-state index in [0.717, 1.165) is 26.4 Å². The van der Waals surface area contributed by atoms with Crippen molar-refractivity contribution in [2.75, 3.05) is 0 Å². The third-order valence-corrected chi connectivity index (χ3v) is 5.27. The lowest BCUT2D eigenvalue weighted by Gasteiger charge is -2.09. The van der Waals surface area contributed by atoms with E-state index in [1.54, 1.807) is 0 Å². The van der Waals surface area contributed by atoms with Crippen molar-refractivity contribution in [2.24, 2.45) is 0 Å². The second-order valence-corrected chi connectivity index (χ2v) is 7.32. The van der Waals surface area contributed by atoms with E-state index < -0.39 is 6.10 Å². The number of carbonyl (C=O) groups is 1. The maximum Gasteiger partial charge on any atom is 0.251 e. The summed E-state index contributed by atoms with van der Waals surface area (Å²) >= 11 is 1.52. The summed E-state index contributed by atoms with van der Waals surface area (Å²) in [7, 11) is 0. The quantitative estimate of drug-likeness (QED) is 0.717. The van der Waals surface area contributed by atoms with Gasteiger partial charge in [-0.3, -0.25) is 4.79 Å². The van der Waals surface area contributed by atoms with Gasteiger partial charge in [0, 0.05) is 15.3 Å². The van der Waals surface area contributed by atoms with Gasteiger partial charge in [-0.05, 0) is 43.2 Å². The van der Waals surface area contributed by atoms with Crippen LogP contribution in [-0.2, 0) is 6.54 Å². The summed E-state index contributed by atoms with van der Waals surface area (Å²) in [6.07, 6.45) is -0.630. The average Bonchev–Trinajstić information content (AvgIpc) is 3.11. The summed E-state index contributed by atoms with van der Waals surface area (Å²) in [5, 5.41) is 13.4. The minimum atomic E-state index is -0.630. The van der Waals surface area contributed by atoms with E-state index in [9.17, 15) is 9.90 Å².